The molecule has 0 saturated carbocycles. The van der Waals surface area contributed by atoms with Gasteiger partial charge in [-0.25, -0.2) is 0 Å². The van der Waals surface area contributed by atoms with Gasteiger partial charge in [-0.05, 0) is 43.5 Å². The highest BCUT2D eigenvalue weighted by Crippen LogP contribution is 2.21. The lowest BCUT2D eigenvalue weighted by Gasteiger charge is -2.24. The fourth-order valence-electron chi connectivity index (χ4n) is 2.76. The van der Waals surface area contributed by atoms with Gasteiger partial charge in [-0.15, -0.1) is 0 Å². The zero-order chi connectivity index (χ0) is 14.9. The molecule has 0 bridgehead atoms. The molecule has 1 heterocycles. The van der Waals surface area contributed by atoms with Crippen molar-refractivity contribution in [2.24, 2.45) is 0 Å². The predicted molar refractivity (Wildman–Crippen MR) is 91.7 cm³/mol. The van der Waals surface area contributed by atoms with Crippen LogP contribution in [0.2, 0.25) is 0 Å². The molecule has 0 spiro atoms. The fourth-order valence-corrected chi connectivity index (χ4v) is 3.18. The average molecular weight is 355 g/mol. The van der Waals surface area contributed by atoms with Crippen LogP contribution in [0.25, 0.3) is 0 Å². The Kier molecular flexibility index (Phi) is 7.72. The van der Waals surface area contributed by atoms with Crippen molar-refractivity contribution in [3.63, 3.8) is 0 Å². The number of halogens is 1. The standard InChI is InChI=1S/C17H27BrN2O/c1-2-8-19-17(15-5-3-6-16(18)14-15)7-10-20-9-4-12-21-13-11-20/h3,5-6,14,17,19H,2,4,7-13H2,1H3. The number of benzene rings is 1. The first-order chi connectivity index (χ1) is 10.3. The van der Waals surface area contributed by atoms with Crippen LogP contribution in [0.5, 0.6) is 0 Å². The van der Waals surface area contributed by atoms with Crippen molar-refractivity contribution in [3.05, 3.63) is 34.3 Å². The van der Waals surface area contributed by atoms with E-state index in [0.717, 1.165) is 50.2 Å². The molecule has 1 aliphatic heterocycles. The van der Waals surface area contributed by atoms with E-state index >= 15 is 0 Å². The van der Waals surface area contributed by atoms with Gasteiger partial charge in [-0.1, -0.05) is 35.0 Å². The second-order valence-electron chi connectivity index (χ2n) is 5.66. The maximum Gasteiger partial charge on any atom is 0.0593 e. The maximum absolute atomic E-state index is 5.53. The van der Waals surface area contributed by atoms with Gasteiger partial charge in [-0.3, -0.25) is 0 Å². The Labute approximate surface area is 137 Å². The molecule has 1 aliphatic rings. The monoisotopic (exact) mass is 354 g/mol. The molecule has 1 atom stereocenters. The highest BCUT2D eigenvalue weighted by atomic mass is 79.9. The molecule has 118 valence electrons. The van der Waals surface area contributed by atoms with Gasteiger partial charge in [0.2, 0.25) is 0 Å². The highest BCUT2D eigenvalue weighted by Gasteiger charge is 2.14. The summed E-state index contributed by atoms with van der Waals surface area (Å²) >= 11 is 3.58. The average Bonchev–Trinajstić information content (AvgIpc) is 2.76. The maximum atomic E-state index is 5.53. The van der Waals surface area contributed by atoms with Crippen LogP contribution in [-0.4, -0.2) is 44.3 Å². The largest absolute Gasteiger partial charge is 0.380 e. The summed E-state index contributed by atoms with van der Waals surface area (Å²) in [4.78, 5) is 2.53. The number of nitrogens with zero attached hydrogens (tertiary/aromatic N) is 1. The smallest absolute Gasteiger partial charge is 0.0593 e. The summed E-state index contributed by atoms with van der Waals surface area (Å²) < 4.78 is 6.69. The summed E-state index contributed by atoms with van der Waals surface area (Å²) in [6.45, 7) is 8.45. The lowest BCUT2D eigenvalue weighted by atomic mass is 10.0. The van der Waals surface area contributed by atoms with E-state index in [2.05, 4.69) is 57.3 Å². The molecule has 0 aliphatic carbocycles. The number of ether oxygens (including phenoxy) is 1. The zero-order valence-electron chi connectivity index (χ0n) is 13.0. The van der Waals surface area contributed by atoms with E-state index in [9.17, 15) is 0 Å². The predicted octanol–water partition coefficient (Wildman–Crippen LogP) is 3.60. The molecule has 0 amide bonds. The molecule has 1 unspecified atom stereocenters. The first kappa shape index (κ1) is 16.9. The minimum Gasteiger partial charge on any atom is -0.380 e. The lowest BCUT2D eigenvalue weighted by Crippen LogP contribution is -2.31. The molecule has 1 fully saturated rings. The summed E-state index contributed by atoms with van der Waals surface area (Å²) in [5.74, 6) is 0. The van der Waals surface area contributed by atoms with E-state index in [4.69, 9.17) is 4.74 Å². The normalized spacial score (nSPS) is 18.4. The summed E-state index contributed by atoms with van der Waals surface area (Å²) in [7, 11) is 0. The van der Waals surface area contributed by atoms with Crippen molar-refractivity contribution < 1.29 is 4.74 Å². The van der Waals surface area contributed by atoms with Crippen LogP contribution in [-0.2, 0) is 4.74 Å². The van der Waals surface area contributed by atoms with Crippen molar-refractivity contribution in [1.82, 2.24) is 10.2 Å². The van der Waals surface area contributed by atoms with Gasteiger partial charge >= 0.3 is 0 Å². The molecule has 1 aromatic rings. The Morgan fingerprint density at radius 1 is 1.33 bits per heavy atom. The van der Waals surface area contributed by atoms with E-state index in [0.29, 0.717) is 6.04 Å². The van der Waals surface area contributed by atoms with Crippen molar-refractivity contribution in [2.45, 2.75) is 32.2 Å². The minimum atomic E-state index is 0.437. The van der Waals surface area contributed by atoms with Gasteiger partial charge in [0.05, 0.1) is 6.61 Å². The third-order valence-electron chi connectivity index (χ3n) is 3.94. The van der Waals surface area contributed by atoms with Gasteiger partial charge in [0.25, 0.3) is 0 Å². The molecule has 4 heteroatoms. The molecule has 1 saturated heterocycles. The van der Waals surface area contributed by atoms with Crippen LogP contribution >= 0.6 is 15.9 Å². The first-order valence-electron chi connectivity index (χ1n) is 8.08. The zero-order valence-corrected chi connectivity index (χ0v) is 14.6. The molecule has 2 rings (SSSR count). The number of nitrogens with one attached hydrogen (secondary N) is 1. The minimum absolute atomic E-state index is 0.437. The van der Waals surface area contributed by atoms with Crippen LogP contribution in [0.15, 0.2) is 28.7 Å². The SMILES string of the molecule is CCCNC(CCN1CCCOCC1)c1cccc(Br)c1. The summed E-state index contributed by atoms with van der Waals surface area (Å²) in [6, 6.07) is 9.11. The molecule has 3 nitrogen and oxygen atoms in total. The van der Waals surface area contributed by atoms with Gasteiger partial charge in [-0.2, -0.15) is 0 Å². The third kappa shape index (κ3) is 6.07. The molecule has 0 radical (unpaired) electrons. The Morgan fingerprint density at radius 2 is 2.24 bits per heavy atom. The molecular weight excluding hydrogens is 328 g/mol. The number of rotatable bonds is 7. The van der Waals surface area contributed by atoms with E-state index in [1.165, 1.54) is 18.5 Å². The van der Waals surface area contributed by atoms with Gasteiger partial charge in [0, 0.05) is 36.8 Å². The van der Waals surface area contributed by atoms with E-state index < -0.39 is 0 Å². The van der Waals surface area contributed by atoms with Crippen LogP contribution in [0, 0.1) is 0 Å². The Bertz CT molecular complexity index is 406. The topological polar surface area (TPSA) is 24.5 Å². The summed E-state index contributed by atoms with van der Waals surface area (Å²) in [6.07, 6.45) is 3.47. The second-order valence-corrected chi connectivity index (χ2v) is 6.57. The highest BCUT2D eigenvalue weighted by molar-refractivity contribution is 9.10. The fraction of sp³-hybridized carbons (Fsp3) is 0.647. The van der Waals surface area contributed by atoms with E-state index in [1.807, 2.05) is 0 Å². The molecule has 21 heavy (non-hydrogen) atoms. The number of hydrogen-bond acceptors (Lipinski definition) is 3. The third-order valence-corrected chi connectivity index (χ3v) is 4.43. The van der Waals surface area contributed by atoms with Gasteiger partial charge < -0.3 is 15.0 Å². The first-order valence-corrected chi connectivity index (χ1v) is 8.88. The van der Waals surface area contributed by atoms with Crippen molar-refractivity contribution in [1.29, 1.82) is 0 Å². The summed E-state index contributed by atoms with van der Waals surface area (Å²) in [5.41, 5.74) is 1.38. The van der Waals surface area contributed by atoms with Crippen LogP contribution in [0.1, 0.15) is 37.8 Å². The Morgan fingerprint density at radius 3 is 3.05 bits per heavy atom. The van der Waals surface area contributed by atoms with Gasteiger partial charge in [0.15, 0.2) is 0 Å². The summed E-state index contributed by atoms with van der Waals surface area (Å²) in [5, 5.41) is 3.69. The quantitative estimate of drug-likeness (QED) is 0.809. The van der Waals surface area contributed by atoms with Crippen molar-refractivity contribution >= 4 is 15.9 Å². The molecule has 0 aromatic heterocycles. The Balaban J connectivity index is 1.92. The van der Waals surface area contributed by atoms with Crippen LogP contribution in [0.3, 0.4) is 0 Å². The van der Waals surface area contributed by atoms with Gasteiger partial charge in [0.1, 0.15) is 0 Å². The second kappa shape index (κ2) is 9.57. The van der Waals surface area contributed by atoms with Crippen LogP contribution in [0.4, 0.5) is 0 Å². The lowest BCUT2D eigenvalue weighted by molar-refractivity contribution is 0.140. The van der Waals surface area contributed by atoms with Crippen molar-refractivity contribution in [3.8, 4) is 0 Å². The van der Waals surface area contributed by atoms with E-state index in [1.54, 1.807) is 0 Å². The molecule has 1 aromatic carbocycles. The molecule has 1 N–H and O–H groups in total. The van der Waals surface area contributed by atoms with Crippen LogP contribution < -0.4 is 5.32 Å². The number of hydrogen-bond donors (Lipinski definition) is 1. The van der Waals surface area contributed by atoms with E-state index in [-0.39, 0.29) is 0 Å². The molecular formula is C17H27BrN2O. The Hall–Kier alpha value is -0.420. The van der Waals surface area contributed by atoms with Crippen molar-refractivity contribution in [2.75, 3.05) is 39.4 Å².